The Morgan fingerprint density at radius 2 is 2.19 bits per heavy atom. The fraction of sp³-hybridized carbons (Fsp3) is 0.522. The van der Waals surface area contributed by atoms with E-state index < -0.39 is 24.4 Å². The highest BCUT2D eigenvalue weighted by molar-refractivity contribution is 6.00. The van der Waals surface area contributed by atoms with Crippen molar-refractivity contribution in [1.29, 1.82) is 5.26 Å². The molecule has 3 unspecified atom stereocenters. The molecule has 0 spiro atoms. The van der Waals surface area contributed by atoms with E-state index in [1.165, 1.54) is 12.1 Å². The monoisotopic (exact) mass is 442 g/mol. The summed E-state index contributed by atoms with van der Waals surface area (Å²) in [6.07, 6.45) is 2.70. The fourth-order valence-electron chi connectivity index (χ4n) is 4.50. The molecule has 0 aromatic heterocycles. The maximum atomic E-state index is 14.3. The zero-order valence-corrected chi connectivity index (χ0v) is 17.9. The van der Waals surface area contributed by atoms with Gasteiger partial charge in [-0.15, -0.1) is 0 Å². The van der Waals surface area contributed by atoms with Crippen LogP contribution in [0.15, 0.2) is 29.3 Å². The number of hydrogen-bond acceptors (Lipinski definition) is 6. The van der Waals surface area contributed by atoms with E-state index in [4.69, 9.17) is 10.00 Å². The van der Waals surface area contributed by atoms with Gasteiger partial charge in [-0.2, -0.15) is 5.26 Å². The number of piperidine rings is 1. The second kappa shape index (κ2) is 9.36. The molecule has 1 saturated carbocycles. The zero-order chi connectivity index (χ0) is 22.8. The summed E-state index contributed by atoms with van der Waals surface area (Å²) in [6, 6.07) is 4.65. The molecule has 4 N–H and O–H groups in total. The van der Waals surface area contributed by atoms with Gasteiger partial charge in [0.25, 0.3) is 0 Å². The Labute approximate surface area is 185 Å². The summed E-state index contributed by atoms with van der Waals surface area (Å²) in [5.74, 6) is -1.53. The van der Waals surface area contributed by atoms with E-state index >= 15 is 0 Å². The molecule has 8 nitrogen and oxygen atoms in total. The molecule has 3 aliphatic rings. The Kier molecular flexibility index (Phi) is 6.55. The van der Waals surface area contributed by atoms with Crippen LogP contribution in [0.3, 0.4) is 0 Å². The quantitative estimate of drug-likeness (QED) is 0.503. The fourth-order valence-corrected chi connectivity index (χ4v) is 4.50. The molecule has 9 heteroatoms. The highest BCUT2D eigenvalue weighted by Crippen LogP contribution is 2.36. The summed E-state index contributed by atoms with van der Waals surface area (Å²) in [7, 11) is 0. The average molecular weight is 442 g/mol. The van der Waals surface area contributed by atoms with Gasteiger partial charge in [0, 0.05) is 23.1 Å². The predicted octanol–water partition coefficient (Wildman–Crippen LogP) is 1.17. The molecular weight excluding hydrogens is 415 g/mol. The van der Waals surface area contributed by atoms with Gasteiger partial charge in [-0.05, 0) is 44.9 Å². The number of aliphatic hydroxyl groups excluding tert-OH is 1. The molecule has 1 aromatic rings. The molecule has 1 saturated heterocycles. The van der Waals surface area contributed by atoms with Crippen LogP contribution in [-0.2, 0) is 14.3 Å². The Balaban J connectivity index is 1.49. The van der Waals surface area contributed by atoms with Crippen molar-refractivity contribution in [3.05, 3.63) is 46.3 Å². The normalized spacial score (nSPS) is 26.1. The molecule has 2 aliphatic heterocycles. The van der Waals surface area contributed by atoms with Crippen molar-refractivity contribution in [3.63, 3.8) is 0 Å². The first-order valence-electron chi connectivity index (χ1n) is 10.9. The summed E-state index contributed by atoms with van der Waals surface area (Å²) in [6.45, 7) is 2.08. The summed E-state index contributed by atoms with van der Waals surface area (Å²) >= 11 is 0. The minimum atomic E-state index is -0.988. The number of fused-ring (bicyclic) bond motifs is 1. The smallest absolute Gasteiger partial charge is 0.247 e. The van der Waals surface area contributed by atoms with E-state index in [1.54, 1.807) is 0 Å². The Morgan fingerprint density at radius 3 is 2.84 bits per heavy atom. The molecule has 4 rings (SSSR count). The van der Waals surface area contributed by atoms with Crippen molar-refractivity contribution in [3.8, 4) is 6.07 Å². The number of carbonyl (C=O) groups excluding carboxylic acids is 2. The molecule has 0 bridgehead atoms. The van der Waals surface area contributed by atoms with Gasteiger partial charge < -0.3 is 20.5 Å². The highest BCUT2D eigenvalue weighted by Gasteiger charge is 2.43. The maximum absolute atomic E-state index is 14.3. The van der Waals surface area contributed by atoms with Gasteiger partial charge >= 0.3 is 0 Å². The minimum Gasteiger partial charge on any atom is -0.394 e. The van der Waals surface area contributed by atoms with E-state index in [0.29, 0.717) is 5.57 Å². The number of nitrogens with zero attached hydrogens (tertiary/aromatic N) is 1. The molecule has 2 fully saturated rings. The predicted molar refractivity (Wildman–Crippen MR) is 112 cm³/mol. The molecule has 170 valence electrons. The van der Waals surface area contributed by atoms with Crippen LogP contribution in [0, 0.1) is 23.1 Å². The number of aliphatic hydroxyl groups is 1. The van der Waals surface area contributed by atoms with Crippen molar-refractivity contribution in [2.75, 3.05) is 13.2 Å². The highest BCUT2D eigenvalue weighted by atomic mass is 19.1. The third-order valence-corrected chi connectivity index (χ3v) is 6.35. The first-order valence-corrected chi connectivity index (χ1v) is 10.9. The number of hydrogen-bond donors (Lipinski definition) is 4. The van der Waals surface area contributed by atoms with Crippen molar-refractivity contribution in [2.24, 2.45) is 5.92 Å². The summed E-state index contributed by atoms with van der Waals surface area (Å²) < 4.78 is 20.4. The minimum absolute atomic E-state index is 0.0442. The number of benzene rings is 1. The van der Waals surface area contributed by atoms with Gasteiger partial charge in [-0.25, -0.2) is 4.39 Å². The summed E-state index contributed by atoms with van der Waals surface area (Å²) in [4.78, 5) is 25.5. The molecule has 2 amide bonds. The standard InChI is InChI=1S/C23H27FN4O4/c1-12-16(22(31)28-18-6-7-26-23(21(12)18)32-14-3-4-14)9-20(30)27-19(11-29)15-5-2-13(10-25)8-17(15)24/h2,5,8,14,18-19,21,23,26,29H,3-4,6-7,9,11H2,1H3,(H,27,30)(H,28,31)/t18?,19-,21?,23?/m0/s1. The van der Waals surface area contributed by atoms with Crippen molar-refractivity contribution in [2.45, 2.75) is 57.0 Å². The van der Waals surface area contributed by atoms with Gasteiger partial charge in [-0.3, -0.25) is 14.9 Å². The SMILES string of the molecule is CC1=C(CC(=O)N[C@@H](CO)c2ccc(C#N)cc2F)C(=O)NC2CCNC(OC3CC3)C12. The Morgan fingerprint density at radius 1 is 1.41 bits per heavy atom. The van der Waals surface area contributed by atoms with Crippen molar-refractivity contribution >= 4 is 11.8 Å². The topological polar surface area (TPSA) is 123 Å². The van der Waals surface area contributed by atoms with Crippen LogP contribution in [0.5, 0.6) is 0 Å². The number of nitriles is 1. The lowest BCUT2D eigenvalue weighted by Crippen LogP contribution is -2.59. The molecular formula is C23H27FN4O4. The lowest BCUT2D eigenvalue weighted by molar-refractivity contribution is -0.125. The number of nitrogens with one attached hydrogen (secondary N) is 3. The maximum Gasteiger partial charge on any atom is 0.247 e. The van der Waals surface area contributed by atoms with Crippen molar-refractivity contribution in [1.82, 2.24) is 16.0 Å². The Bertz CT molecular complexity index is 985. The van der Waals surface area contributed by atoms with E-state index in [1.807, 2.05) is 13.0 Å². The first kappa shape index (κ1) is 22.4. The van der Waals surface area contributed by atoms with Gasteiger partial charge in [0.1, 0.15) is 12.0 Å². The van der Waals surface area contributed by atoms with Crippen LogP contribution in [0.1, 0.15) is 49.8 Å². The number of ether oxygens (including phenoxy) is 1. The lowest BCUT2D eigenvalue weighted by Gasteiger charge is -2.43. The zero-order valence-electron chi connectivity index (χ0n) is 17.9. The molecule has 1 aliphatic carbocycles. The van der Waals surface area contributed by atoms with Crippen LogP contribution >= 0.6 is 0 Å². The molecule has 0 radical (unpaired) electrons. The van der Waals surface area contributed by atoms with E-state index in [9.17, 15) is 19.1 Å². The lowest BCUT2D eigenvalue weighted by atomic mass is 9.79. The molecule has 1 aromatic carbocycles. The van der Waals surface area contributed by atoms with Gasteiger partial charge in [-0.1, -0.05) is 11.6 Å². The van der Waals surface area contributed by atoms with E-state index in [-0.39, 0.29) is 47.7 Å². The number of amides is 2. The van der Waals surface area contributed by atoms with Gasteiger partial charge in [0.2, 0.25) is 11.8 Å². The first-order chi connectivity index (χ1) is 15.4. The van der Waals surface area contributed by atoms with Crippen LogP contribution in [-0.4, -0.2) is 48.4 Å². The number of rotatable bonds is 7. The van der Waals surface area contributed by atoms with Crippen LogP contribution in [0.25, 0.3) is 0 Å². The van der Waals surface area contributed by atoms with E-state index in [2.05, 4.69) is 16.0 Å². The summed E-state index contributed by atoms with van der Waals surface area (Å²) in [5, 5.41) is 27.6. The largest absolute Gasteiger partial charge is 0.394 e. The molecule has 2 heterocycles. The third-order valence-electron chi connectivity index (χ3n) is 6.35. The van der Waals surface area contributed by atoms with Crippen LogP contribution in [0.2, 0.25) is 0 Å². The second-order valence-electron chi connectivity index (χ2n) is 8.59. The van der Waals surface area contributed by atoms with Gasteiger partial charge in [0.05, 0.1) is 36.8 Å². The van der Waals surface area contributed by atoms with Crippen molar-refractivity contribution < 1.29 is 23.8 Å². The van der Waals surface area contributed by atoms with Crippen LogP contribution < -0.4 is 16.0 Å². The summed E-state index contributed by atoms with van der Waals surface area (Å²) in [5.41, 5.74) is 1.41. The Hall–Kier alpha value is -2.80. The third kappa shape index (κ3) is 4.67. The molecule has 32 heavy (non-hydrogen) atoms. The number of halogens is 1. The van der Waals surface area contributed by atoms with Crippen LogP contribution in [0.4, 0.5) is 4.39 Å². The number of carbonyl (C=O) groups is 2. The van der Waals surface area contributed by atoms with E-state index in [0.717, 1.165) is 37.4 Å². The second-order valence-corrected chi connectivity index (χ2v) is 8.59. The average Bonchev–Trinajstić information content (AvgIpc) is 3.59. The van der Waals surface area contributed by atoms with Gasteiger partial charge in [0.15, 0.2) is 0 Å². The molecule has 4 atom stereocenters.